The Kier molecular flexibility index (Phi) is 0.706. The fourth-order valence-corrected chi connectivity index (χ4v) is 1.69. The van der Waals surface area contributed by atoms with Crippen LogP contribution in [0.15, 0.2) is 11.8 Å². The Labute approximate surface area is 50.0 Å². The van der Waals surface area contributed by atoms with Crippen LogP contribution in [0.1, 0.15) is 13.3 Å². The van der Waals surface area contributed by atoms with Crippen molar-refractivity contribution in [2.75, 3.05) is 13.1 Å². The molecule has 0 saturated carbocycles. The fraction of sp³-hybridized carbons (Fsp3) is 0.714. The first-order valence-electron chi connectivity index (χ1n) is 3.29. The van der Waals surface area contributed by atoms with Crippen molar-refractivity contribution in [3.63, 3.8) is 0 Å². The second-order valence-electron chi connectivity index (χ2n) is 2.80. The van der Waals surface area contributed by atoms with Crippen molar-refractivity contribution in [3.8, 4) is 0 Å². The van der Waals surface area contributed by atoms with E-state index < -0.39 is 0 Å². The summed E-state index contributed by atoms with van der Waals surface area (Å²) < 4.78 is 0. The molecule has 0 radical (unpaired) electrons. The maximum atomic E-state index is 2.46. The Balaban J connectivity index is 2.29. The van der Waals surface area contributed by atoms with Crippen LogP contribution in [0.2, 0.25) is 0 Å². The zero-order valence-corrected chi connectivity index (χ0v) is 5.22. The van der Waals surface area contributed by atoms with Crippen LogP contribution in [0.25, 0.3) is 0 Å². The van der Waals surface area contributed by atoms with E-state index in [1.165, 1.54) is 25.2 Å². The van der Waals surface area contributed by atoms with Crippen LogP contribution in [0.3, 0.4) is 0 Å². The average Bonchev–Trinajstić information content (AvgIpc) is 2.23. The second-order valence-corrected chi connectivity index (χ2v) is 2.80. The van der Waals surface area contributed by atoms with E-state index in [1.54, 1.807) is 0 Å². The largest absolute Gasteiger partial charge is 0.375 e. The molecule has 2 bridgehead atoms. The standard InChI is InChI=1S/C7H11N/c1-6-4-7-2-3-8(6)5-7/h4,7H,2-3,5H2,1H3. The molecule has 0 N–H and O–H groups in total. The summed E-state index contributed by atoms with van der Waals surface area (Å²) in [6, 6.07) is 0. The maximum Gasteiger partial charge on any atom is 0.0239 e. The van der Waals surface area contributed by atoms with Gasteiger partial charge in [0.25, 0.3) is 0 Å². The molecule has 2 heterocycles. The summed E-state index contributed by atoms with van der Waals surface area (Å²) in [6.07, 6.45) is 3.79. The van der Waals surface area contributed by atoms with Crippen LogP contribution < -0.4 is 0 Å². The topological polar surface area (TPSA) is 3.24 Å². The van der Waals surface area contributed by atoms with E-state index >= 15 is 0 Å². The van der Waals surface area contributed by atoms with Gasteiger partial charge >= 0.3 is 0 Å². The van der Waals surface area contributed by atoms with Crippen molar-refractivity contribution in [1.29, 1.82) is 0 Å². The van der Waals surface area contributed by atoms with Gasteiger partial charge in [-0.15, -0.1) is 0 Å². The van der Waals surface area contributed by atoms with E-state index in [9.17, 15) is 0 Å². The van der Waals surface area contributed by atoms with Crippen molar-refractivity contribution >= 4 is 0 Å². The second kappa shape index (κ2) is 1.28. The zero-order chi connectivity index (χ0) is 5.56. The lowest BCUT2D eigenvalue weighted by Gasteiger charge is -2.14. The monoisotopic (exact) mass is 109 g/mol. The predicted molar refractivity (Wildman–Crippen MR) is 33.4 cm³/mol. The number of hydrogen-bond donors (Lipinski definition) is 0. The first-order chi connectivity index (χ1) is 3.86. The van der Waals surface area contributed by atoms with Crippen LogP contribution in [0.5, 0.6) is 0 Å². The predicted octanol–water partition coefficient (Wildman–Crippen LogP) is 1.23. The van der Waals surface area contributed by atoms with Gasteiger partial charge in [-0.1, -0.05) is 6.08 Å². The molecule has 0 aromatic rings. The molecule has 0 amide bonds. The molecule has 1 atom stereocenters. The van der Waals surface area contributed by atoms with Crippen molar-refractivity contribution in [2.45, 2.75) is 13.3 Å². The summed E-state index contributed by atoms with van der Waals surface area (Å²) >= 11 is 0. The van der Waals surface area contributed by atoms with E-state index in [2.05, 4.69) is 17.9 Å². The van der Waals surface area contributed by atoms with Crippen LogP contribution in [0.4, 0.5) is 0 Å². The number of fused-ring (bicyclic) bond motifs is 2. The highest BCUT2D eigenvalue weighted by atomic mass is 15.2. The quantitative estimate of drug-likeness (QED) is 0.452. The molecular weight excluding hydrogens is 98.1 g/mol. The summed E-state index contributed by atoms with van der Waals surface area (Å²) in [5, 5.41) is 0. The third kappa shape index (κ3) is 0.417. The summed E-state index contributed by atoms with van der Waals surface area (Å²) in [4.78, 5) is 2.46. The Morgan fingerprint density at radius 2 is 2.62 bits per heavy atom. The summed E-state index contributed by atoms with van der Waals surface area (Å²) in [5.74, 6) is 0.912. The highest BCUT2D eigenvalue weighted by Gasteiger charge is 2.26. The Morgan fingerprint density at radius 1 is 1.75 bits per heavy atom. The lowest BCUT2D eigenvalue weighted by atomic mass is 10.1. The molecule has 0 spiro atoms. The summed E-state index contributed by atoms with van der Waals surface area (Å²) in [5.41, 5.74) is 1.50. The number of rotatable bonds is 0. The van der Waals surface area contributed by atoms with Crippen molar-refractivity contribution in [1.82, 2.24) is 4.90 Å². The van der Waals surface area contributed by atoms with Crippen LogP contribution in [0, 0.1) is 5.92 Å². The van der Waals surface area contributed by atoms with Crippen LogP contribution in [-0.2, 0) is 0 Å². The van der Waals surface area contributed by atoms with Gasteiger partial charge in [0.05, 0.1) is 0 Å². The minimum atomic E-state index is 0.912. The highest BCUT2D eigenvalue weighted by Crippen LogP contribution is 2.29. The molecule has 1 nitrogen and oxygen atoms in total. The Hall–Kier alpha value is -0.460. The molecule has 1 unspecified atom stereocenters. The minimum absolute atomic E-state index is 0.912. The zero-order valence-electron chi connectivity index (χ0n) is 5.22. The molecule has 44 valence electrons. The van der Waals surface area contributed by atoms with Crippen molar-refractivity contribution in [3.05, 3.63) is 11.8 Å². The normalized spacial score (nSPS) is 33.9. The van der Waals surface area contributed by atoms with Gasteiger partial charge in [0.2, 0.25) is 0 Å². The van der Waals surface area contributed by atoms with Gasteiger partial charge in [-0.05, 0) is 19.3 Å². The lowest BCUT2D eigenvalue weighted by Crippen LogP contribution is -2.13. The van der Waals surface area contributed by atoms with Gasteiger partial charge in [0.15, 0.2) is 0 Å². The Bertz CT molecular complexity index is 137. The maximum absolute atomic E-state index is 2.46. The van der Waals surface area contributed by atoms with E-state index in [0.29, 0.717) is 0 Å². The van der Waals surface area contributed by atoms with Crippen molar-refractivity contribution in [2.24, 2.45) is 5.92 Å². The first-order valence-corrected chi connectivity index (χ1v) is 3.29. The lowest BCUT2D eigenvalue weighted by molar-refractivity contribution is 0.440. The van der Waals surface area contributed by atoms with Crippen molar-refractivity contribution < 1.29 is 0 Å². The summed E-state index contributed by atoms with van der Waals surface area (Å²) in [7, 11) is 0. The van der Waals surface area contributed by atoms with Gasteiger partial charge < -0.3 is 4.90 Å². The number of nitrogens with zero attached hydrogens (tertiary/aromatic N) is 1. The molecule has 0 aliphatic carbocycles. The molecule has 1 heteroatoms. The van der Waals surface area contributed by atoms with Gasteiger partial charge in [-0.2, -0.15) is 0 Å². The van der Waals surface area contributed by atoms with Gasteiger partial charge in [0, 0.05) is 18.8 Å². The molecule has 2 rings (SSSR count). The molecule has 8 heavy (non-hydrogen) atoms. The SMILES string of the molecule is CC1=CC2CCN1C2. The van der Waals surface area contributed by atoms with Gasteiger partial charge in [-0.3, -0.25) is 0 Å². The number of hydrogen-bond acceptors (Lipinski definition) is 1. The molecule has 1 fully saturated rings. The van der Waals surface area contributed by atoms with Gasteiger partial charge in [0.1, 0.15) is 0 Å². The van der Waals surface area contributed by atoms with E-state index in [4.69, 9.17) is 0 Å². The number of allylic oxidation sites excluding steroid dienone is 1. The fourth-order valence-electron chi connectivity index (χ4n) is 1.69. The third-order valence-electron chi connectivity index (χ3n) is 2.20. The molecule has 0 aromatic carbocycles. The third-order valence-corrected chi connectivity index (χ3v) is 2.20. The molecular formula is C7H11N. The first kappa shape index (κ1) is 4.42. The molecule has 2 aliphatic heterocycles. The minimum Gasteiger partial charge on any atom is -0.375 e. The van der Waals surface area contributed by atoms with Crippen LogP contribution >= 0.6 is 0 Å². The van der Waals surface area contributed by atoms with E-state index in [0.717, 1.165) is 5.92 Å². The molecule has 1 saturated heterocycles. The smallest absolute Gasteiger partial charge is 0.0239 e. The highest BCUT2D eigenvalue weighted by molar-refractivity contribution is 5.12. The van der Waals surface area contributed by atoms with Gasteiger partial charge in [-0.25, -0.2) is 0 Å². The summed E-state index contributed by atoms with van der Waals surface area (Å²) in [6.45, 7) is 4.83. The molecule has 0 aromatic heterocycles. The molecule has 2 aliphatic rings. The Morgan fingerprint density at radius 3 is 2.88 bits per heavy atom. The van der Waals surface area contributed by atoms with Crippen LogP contribution in [-0.4, -0.2) is 18.0 Å². The average molecular weight is 109 g/mol. The van der Waals surface area contributed by atoms with E-state index in [-0.39, 0.29) is 0 Å². The van der Waals surface area contributed by atoms with E-state index in [1.807, 2.05) is 0 Å².